The van der Waals surface area contributed by atoms with E-state index in [1.165, 1.54) is 99.9 Å². The number of aromatic nitrogens is 1. The van der Waals surface area contributed by atoms with Crippen molar-refractivity contribution in [3.05, 3.63) is 229 Å². The molecule has 2 aliphatic rings. The normalized spacial score (nSPS) is 14.1. The van der Waals surface area contributed by atoms with Gasteiger partial charge in [-0.1, -0.05) is 161 Å². The third-order valence-electron chi connectivity index (χ3n) is 14.0. The molecule has 0 fully saturated rings. The molecule has 9 aromatic carbocycles. The van der Waals surface area contributed by atoms with Crippen LogP contribution in [0.15, 0.2) is 206 Å². The first kappa shape index (κ1) is 36.4. The van der Waals surface area contributed by atoms with Gasteiger partial charge in [0, 0.05) is 44.4 Å². The van der Waals surface area contributed by atoms with Crippen molar-refractivity contribution in [3.63, 3.8) is 0 Å². The highest BCUT2D eigenvalue weighted by Gasteiger charge is 2.38. The zero-order valence-electron chi connectivity index (χ0n) is 35.5. The monoisotopic (exact) mass is 794 g/mol. The molecule has 0 amide bonds. The summed E-state index contributed by atoms with van der Waals surface area (Å²) in [5.74, 6) is 0. The number of rotatable bonds is 6. The average molecular weight is 795 g/mol. The van der Waals surface area contributed by atoms with Crippen LogP contribution in [0.5, 0.6) is 0 Å². The van der Waals surface area contributed by atoms with Gasteiger partial charge in [0.05, 0.1) is 11.0 Å². The Kier molecular flexibility index (Phi) is 7.96. The first-order valence-corrected chi connectivity index (χ1v) is 21.8. The van der Waals surface area contributed by atoms with Crippen LogP contribution in [-0.4, -0.2) is 4.57 Å². The van der Waals surface area contributed by atoms with Gasteiger partial charge < -0.3 is 9.47 Å². The third-order valence-corrected chi connectivity index (χ3v) is 14.0. The van der Waals surface area contributed by atoms with E-state index in [-0.39, 0.29) is 10.8 Å². The summed E-state index contributed by atoms with van der Waals surface area (Å²) in [6.45, 7) is 9.51. The maximum atomic E-state index is 2.45. The van der Waals surface area contributed by atoms with E-state index < -0.39 is 0 Å². The van der Waals surface area contributed by atoms with E-state index in [1.807, 2.05) is 0 Å². The van der Waals surface area contributed by atoms with Gasteiger partial charge in [0.1, 0.15) is 0 Å². The van der Waals surface area contributed by atoms with Gasteiger partial charge in [-0.05, 0) is 140 Å². The molecule has 0 saturated carbocycles. The molecule has 0 bridgehead atoms. The molecule has 12 rings (SSSR count). The van der Waals surface area contributed by atoms with Crippen LogP contribution in [0.4, 0.5) is 17.1 Å². The Morgan fingerprint density at radius 3 is 1.52 bits per heavy atom. The van der Waals surface area contributed by atoms with Gasteiger partial charge in [0.15, 0.2) is 0 Å². The molecule has 0 saturated heterocycles. The van der Waals surface area contributed by atoms with E-state index >= 15 is 0 Å². The van der Waals surface area contributed by atoms with Crippen LogP contribution in [0.1, 0.15) is 49.9 Å². The van der Waals surface area contributed by atoms with Crippen LogP contribution in [0, 0.1) is 0 Å². The second kappa shape index (κ2) is 13.5. The maximum absolute atomic E-state index is 2.45. The molecule has 62 heavy (non-hydrogen) atoms. The van der Waals surface area contributed by atoms with Gasteiger partial charge in [-0.3, -0.25) is 0 Å². The van der Waals surface area contributed by atoms with Crippen LogP contribution in [0.25, 0.3) is 72.0 Å². The molecule has 1 aromatic heterocycles. The molecular weight excluding hydrogens is 749 g/mol. The van der Waals surface area contributed by atoms with Crippen molar-refractivity contribution in [1.29, 1.82) is 0 Å². The van der Waals surface area contributed by atoms with Gasteiger partial charge in [-0.2, -0.15) is 0 Å². The van der Waals surface area contributed by atoms with Crippen LogP contribution in [-0.2, 0) is 10.8 Å². The summed E-state index contributed by atoms with van der Waals surface area (Å²) in [5.41, 5.74) is 22.5. The standard InChI is InChI=1S/C60H46N2/c1-59(2)53-21-13-11-19-47(53)49-32-29-45(37-55(49)59)61(43-17-9-6-10-18-43)46-30-33-50-48-31-25-42(36-54(48)60(3,4)56(50)38-46)41-26-34-58-52(35-41)51-20-12-14-22-57(51)62(58)44-27-23-40(24-28-44)39-15-7-5-8-16-39/h5-38H,1-4H3. The van der Waals surface area contributed by atoms with Crippen molar-refractivity contribution in [3.8, 4) is 50.2 Å². The highest BCUT2D eigenvalue weighted by molar-refractivity contribution is 6.10. The Bertz CT molecular complexity index is 3390. The molecule has 0 atom stereocenters. The lowest BCUT2D eigenvalue weighted by atomic mass is 9.81. The molecule has 1 heterocycles. The van der Waals surface area contributed by atoms with Crippen molar-refractivity contribution in [2.24, 2.45) is 0 Å². The van der Waals surface area contributed by atoms with E-state index in [2.05, 4.69) is 243 Å². The second-order valence-corrected chi connectivity index (χ2v) is 18.2. The van der Waals surface area contributed by atoms with E-state index in [0.717, 1.165) is 11.4 Å². The minimum atomic E-state index is -0.202. The molecule has 2 aliphatic carbocycles. The number of benzene rings is 9. The quantitative estimate of drug-likeness (QED) is 0.163. The van der Waals surface area contributed by atoms with E-state index in [9.17, 15) is 0 Å². The van der Waals surface area contributed by atoms with Crippen LogP contribution in [0.3, 0.4) is 0 Å². The van der Waals surface area contributed by atoms with Crippen molar-refractivity contribution in [1.82, 2.24) is 4.57 Å². The fourth-order valence-electron chi connectivity index (χ4n) is 10.8. The Morgan fingerprint density at radius 2 is 0.806 bits per heavy atom. The average Bonchev–Trinajstić information content (AvgIpc) is 3.86. The molecule has 2 heteroatoms. The molecule has 0 radical (unpaired) electrons. The smallest absolute Gasteiger partial charge is 0.0541 e. The SMILES string of the molecule is CC1(C)c2ccccc2-c2ccc(N(c3ccccc3)c3ccc4c(c3)C(C)(C)c3cc(-c5ccc6c(c5)c5ccccc5n6-c5ccc(-c6ccccc6)cc5)ccc3-4)cc21. The fourth-order valence-corrected chi connectivity index (χ4v) is 10.8. The first-order chi connectivity index (χ1) is 30.3. The largest absolute Gasteiger partial charge is 0.310 e. The maximum Gasteiger partial charge on any atom is 0.0541 e. The van der Waals surface area contributed by atoms with Crippen molar-refractivity contribution < 1.29 is 0 Å². The Labute approximate surface area is 364 Å². The van der Waals surface area contributed by atoms with Gasteiger partial charge >= 0.3 is 0 Å². The van der Waals surface area contributed by atoms with Gasteiger partial charge in [0.25, 0.3) is 0 Å². The van der Waals surface area contributed by atoms with Crippen molar-refractivity contribution in [2.75, 3.05) is 4.90 Å². The highest BCUT2D eigenvalue weighted by Crippen LogP contribution is 2.53. The summed E-state index contributed by atoms with van der Waals surface area (Å²) < 4.78 is 2.41. The summed E-state index contributed by atoms with van der Waals surface area (Å²) in [4.78, 5) is 2.44. The van der Waals surface area contributed by atoms with Crippen molar-refractivity contribution >= 4 is 38.9 Å². The Hall–Kier alpha value is -7.42. The van der Waals surface area contributed by atoms with Crippen molar-refractivity contribution in [2.45, 2.75) is 38.5 Å². The number of para-hydroxylation sites is 2. The van der Waals surface area contributed by atoms with E-state index in [0.29, 0.717) is 0 Å². The summed E-state index contributed by atoms with van der Waals surface area (Å²) in [6, 6.07) is 76.4. The summed E-state index contributed by atoms with van der Waals surface area (Å²) in [6.07, 6.45) is 0. The molecule has 296 valence electrons. The topological polar surface area (TPSA) is 8.17 Å². The highest BCUT2D eigenvalue weighted by atomic mass is 15.1. The summed E-state index contributed by atoms with van der Waals surface area (Å²) >= 11 is 0. The predicted octanol–water partition coefficient (Wildman–Crippen LogP) is 16.2. The number of anilines is 3. The molecule has 0 N–H and O–H groups in total. The van der Waals surface area contributed by atoms with Crippen LogP contribution in [0.2, 0.25) is 0 Å². The lowest BCUT2D eigenvalue weighted by Crippen LogP contribution is -2.18. The molecule has 0 aliphatic heterocycles. The minimum Gasteiger partial charge on any atom is -0.310 e. The zero-order chi connectivity index (χ0) is 41.7. The number of fused-ring (bicyclic) bond motifs is 9. The summed E-state index contributed by atoms with van der Waals surface area (Å²) in [5, 5.41) is 2.52. The second-order valence-electron chi connectivity index (χ2n) is 18.2. The molecule has 0 spiro atoms. The summed E-state index contributed by atoms with van der Waals surface area (Å²) in [7, 11) is 0. The minimum absolute atomic E-state index is 0.0831. The molecule has 0 unspecified atom stereocenters. The lowest BCUT2D eigenvalue weighted by Gasteiger charge is -2.29. The number of hydrogen-bond donors (Lipinski definition) is 0. The van der Waals surface area contributed by atoms with Gasteiger partial charge in [-0.25, -0.2) is 0 Å². The Balaban J connectivity index is 0.919. The zero-order valence-corrected chi connectivity index (χ0v) is 35.5. The Morgan fingerprint density at radius 1 is 0.323 bits per heavy atom. The van der Waals surface area contributed by atoms with E-state index in [1.54, 1.807) is 0 Å². The van der Waals surface area contributed by atoms with E-state index in [4.69, 9.17) is 0 Å². The molecule has 10 aromatic rings. The van der Waals surface area contributed by atoms with Gasteiger partial charge in [0.2, 0.25) is 0 Å². The first-order valence-electron chi connectivity index (χ1n) is 21.8. The number of hydrogen-bond acceptors (Lipinski definition) is 1. The van der Waals surface area contributed by atoms with Gasteiger partial charge in [-0.15, -0.1) is 0 Å². The molecular formula is C60H46N2. The lowest BCUT2D eigenvalue weighted by molar-refractivity contribution is 0.660. The van der Waals surface area contributed by atoms with Crippen LogP contribution >= 0.6 is 0 Å². The fraction of sp³-hybridized carbons (Fsp3) is 0.100. The predicted molar refractivity (Wildman–Crippen MR) is 261 cm³/mol. The third kappa shape index (κ3) is 5.43. The van der Waals surface area contributed by atoms with Crippen LogP contribution < -0.4 is 4.90 Å². The molecule has 2 nitrogen and oxygen atoms in total. The number of nitrogens with zero attached hydrogens (tertiary/aromatic N) is 2.